The highest BCUT2D eigenvalue weighted by Crippen LogP contribution is 2.30. The molecule has 0 bridgehead atoms. The zero-order valence-corrected chi connectivity index (χ0v) is 15.7. The molecule has 0 saturated carbocycles. The van der Waals surface area contributed by atoms with E-state index in [9.17, 15) is 13.2 Å². The highest BCUT2D eigenvalue weighted by atomic mass is 32.2. The van der Waals surface area contributed by atoms with Crippen LogP contribution in [0.2, 0.25) is 0 Å². The van der Waals surface area contributed by atoms with Gasteiger partial charge in [0.1, 0.15) is 16.7 Å². The standard InChI is InChI=1S/C20H17N3O4S/c21-12-14-6-1-3-9-17(14)27-20(24)15-7-5-11-23(13-15)19-16-8-2-4-10-18(16)28(25,26)22-19/h1-4,6,8-10,15H,5,7,11,13H2. The minimum Gasteiger partial charge on any atom is -0.425 e. The molecule has 0 spiro atoms. The van der Waals surface area contributed by atoms with Crippen LogP contribution in [0, 0.1) is 17.2 Å². The maximum atomic E-state index is 12.7. The zero-order chi connectivity index (χ0) is 19.7. The van der Waals surface area contributed by atoms with Gasteiger partial charge in [-0.25, -0.2) is 0 Å². The molecule has 8 heteroatoms. The van der Waals surface area contributed by atoms with Crippen molar-refractivity contribution >= 4 is 21.8 Å². The second-order valence-corrected chi connectivity index (χ2v) is 8.27. The first-order valence-corrected chi connectivity index (χ1v) is 10.3. The minimum atomic E-state index is -3.71. The molecule has 1 atom stereocenters. The Balaban J connectivity index is 1.54. The number of esters is 1. The molecule has 2 aromatic rings. The topological polar surface area (TPSA) is 99.8 Å². The largest absolute Gasteiger partial charge is 0.425 e. The second kappa shape index (κ2) is 7.09. The van der Waals surface area contributed by atoms with Crippen molar-refractivity contribution in [2.45, 2.75) is 17.7 Å². The third-order valence-corrected chi connectivity index (χ3v) is 6.21. The number of hydrogen-bond acceptors (Lipinski definition) is 6. The van der Waals surface area contributed by atoms with Crippen molar-refractivity contribution in [3.05, 3.63) is 59.7 Å². The fraction of sp³-hybridized carbons (Fsp3) is 0.250. The van der Waals surface area contributed by atoms with Crippen molar-refractivity contribution in [3.8, 4) is 11.8 Å². The Labute approximate surface area is 162 Å². The van der Waals surface area contributed by atoms with Gasteiger partial charge in [0.25, 0.3) is 10.0 Å². The van der Waals surface area contributed by atoms with E-state index in [0.29, 0.717) is 42.9 Å². The van der Waals surface area contributed by atoms with Crippen LogP contribution in [0.15, 0.2) is 57.8 Å². The number of nitriles is 1. The maximum absolute atomic E-state index is 12.7. The first-order chi connectivity index (χ1) is 13.5. The summed E-state index contributed by atoms with van der Waals surface area (Å²) >= 11 is 0. The summed E-state index contributed by atoms with van der Waals surface area (Å²) in [6.07, 6.45) is 1.34. The zero-order valence-electron chi connectivity index (χ0n) is 14.9. The van der Waals surface area contributed by atoms with E-state index in [0.717, 1.165) is 0 Å². The van der Waals surface area contributed by atoms with Crippen LogP contribution in [0.1, 0.15) is 24.0 Å². The van der Waals surface area contributed by atoms with Gasteiger partial charge in [0.15, 0.2) is 5.84 Å². The molecule has 4 rings (SSSR count). The van der Waals surface area contributed by atoms with Gasteiger partial charge in [-0.1, -0.05) is 24.3 Å². The Morgan fingerprint density at radius 2 is 1.93 bits per heavy atom. The molecule has 2 aromatic carbocycles. The first kappa shape index (κ1) is 18.2. The van der Waals surface area contributed by atoms with Crippen molar-refractivity contribution in [3.63, 3.8) is 0 Å². The predicted octanol–water partition coefficient (Wildman–Crippen LogP) is 2.32. The van der Waals surface area contributed by atoms with E-state index >= 15 is 0 Å². The molecule has 0 radical (unpaired) electrons. The monoisotopic (exact) mass is 395 g/mol. The molecule has 142 valence electrons. The van der Waals surface area contributed by atoms with Crippen LogP contribution in [-0.2, 0) is 14.8 Å². The molecule has 2 aliphatic rings. The van der Waals surface area contributed by atoms with E-state index in [1.807, 2.05) is 11.0 Å². The Hall–Kier alpha value is -3.18. The third kappa shape index (κ3) is 3.25. The van der Waals surface area contributed by atoms with Gasteiger partial charge in [0.05, 0.1) is 11.5 Å². The Kier molecular flexibility index (Phi) is 4.61. The molecule has 0 aliphatic carbocycles. The SMILES string of the molecule is N#Cc1ccccc1OC(=O)C1CCCN(C2=NS(=O)(=O)c3ccccc32)C1. The van der Waals surface area contributed by atoms with Crippen LogP contribution in [-0.4, -0.2) is 38.2 Å². The van der Waals surface area contributed by atoms with Crippen molar-refractivity contribution in [1.29, 1.82) is 5.26 Å². The lowest BCUT2D eigenvalue weighted by Gasteiger charge is -2.32. The van der Waals surface area contributed by atoms with E-state index in [1.165, 1.54) is 6.07 Å². The van der Waals surface area contributed by atoms with Crippen LogP contribution in [0.4, 0.5) is 0 Å². The highest BCUT2D eigenvalue weighted by molar-refractivity contribution is 7.90. The number of sulfonamides is 1. The fourth-order valence-electron chi connectivity index (χ4n) is 3.52. The number of carbonyl (C=O) groups excluding carboxylic acids is 1. The second-order valence-electron chi connectivity index (χ2n) is 6.70. The normalized spacial score (nSPS) is 20.0. The summed E-state index contributed by atoms with van der Waals surface area (Å²) in [6.45, 7) is 0.928. The molecule has 0 N–H and O–H groups in total. The van der Waals surface area contributed by atoms with Gasteiger partial charge >= 0.3 is 5.97 Å². The lowest BCUT2D eigenvalue weighted by Crippen LogP contribution is -2.43. The van der Waals surface area contributed by atoms with Crippen LogP contribution in [0.3, 0.4) is 0 Å². The highest BCUT2D eigenvalue weighted by Gasteiger charge is 2.35. The van der Waals surface area contributed by atoms with Gasteiger partial charge in [-0.15, -0.1) is 4.40 Å². The Morgan fingerprint density at radius 3 is 2.75 bits per heavy atom. The van der Waals surface area contributed by atoms with Crippen LogP contribution < -0.4 is 4.74 Å². The van der Waals surface area contributed by atoms with E-state index in [1.54, 1.807) is 42.5 Å². The molecule has 0 amide bonds. The van der Waals surface area contributed by atoms with Crippen LogP contribution in [0.5, 0.6) is 5.75 Å². The lowest BCUT2D eigenvalue weighted by atomic mass is 9.97. The van der Waals surface area contributed by atoms with Crippen molar-refractivity contribution in [2.75, 3.05) is 13.1 Å². The van der Waals surface area contributed by atoms with Gasteiger partial charge in [-0.2, -0.15) is 13.7 Å². The number of rotatable bonds is 2. The number of nitrogens with zero attached hydrogens (tertiary/aromatic N) is 3. The maximum Gasteiger partial charge on any atom is 0.316 e. The molecule has 1 saturated heterocycles. The molecular formula is C20H17N3O4S. The van der Waals surface area contributed by atoms with Gasteiger partial charge in [-0.3, -0.25) is 4.79 Å². The number of ether oxygens (including phenoxy) is 1. The molecular weight excluding hydrogens is 378 g/mol. The molecule has 0 aromatic heterocycles. The number of amidine groups is 1. The van der Waals surface area contributed by atoms with E-state index in [4.69, 9.17) is 10.00 Å². The van der Waals surface area contributed by atoms with E-state index < -0.39 is 21.9 Å². The number of hydrogen-bond donors (Lipinski definition) is 0. The number of likely N-dealkylation sites (tertiary alicyclic amines) is 1. The minimum absolute atomic E-state index is 0.192. The van der Waals surface area contributed by atoms with Crippen molar-refractivity contribution < 1.29 is 17.9 Å². The summed E-state index contributed by atoms with van der Waals surface area (Å²) < 4.78 is 34.0. The molecule has 2 heterocycles. The molecule has 2 aliphatic heterocycles. The number of carbonyl (C=O) groups is 1. The number of benzene rings is 2. The van der Waals surface area contributed by atoms with Gasteiger partial charge in [-0.05, 0) is 37.1 Å². The molecule has 1 unspecified atom stereocenters. The average Bonchev–Trinajstić information content (AvgIpc) is 3.00. The Morgan fingerprint density at radius 1 is 1.18 bits per heavy atom. The summed E-state index contributed by atoms with van der Waals surface area (Å²) in [6, 6.07) is 15.3. The van der Waals surface area contributed by atoms with Crippen molar-refractivity contribution in [2.24, 2.45) is 10.3 Å². The van der Waals surface area contributed by atoms with Crippen molar-refractivity contribution in [1.82, 2.24) is 4.90 Å². The fourth-order valence-corrected chi connectivity index (χ4v) is 4.75. The molecule has 7 nitrogen and oxygen atoms in total. The summed E-state index contributed by atoms with van der Waals surface area (Å²) in [7, 11) is -3.71. The smallest absolute Gasteiger partial charge is 0.316 e. The summed E-state index contributed by atoms with van der Waals surface area (Å²) in [4.78, 5) is 14.7. The van der Waals surface area contributed by atoms with E-state index in [-0.39, 0.29) is 10.6 Å². The lowest BCUT2D eigenvalue weighted by molar-refractivity contribution is -0.140. The number of piperidine rings is 1. The Bertz CT molecular complexity index is 1120. The molecule has 1 fully saturated rings. The van der Waals surface area contributed by atoms with Crippen LogP contribution >= 0.6 is 0 Å². The third-order valence-electron chi connectivity index (χ3n) is 4.88. The van der Waals surface area contributed by atoms with Gasteiger partial charge in [0, 0.05) is 18.7 Å². The van der Waals surface area contributed by atoms with Gasteiger partial charge < -0.3 is 9.64 Å². The summed E-state index contributed by atoms with van der Waals surface area (Å²) in [5, 5.41) is 9.15. The average molecular weight is 395 g/mol. The number of fused-ring (bicyclic) bond motifs is 1. The summed E-state index contributed by atoms with van der Waals surface area (Å²) in [5.41, 5.74) is 0.857. The van der Waals surface area contributed by atoms with Gasteiger partial charge in [0.2, 0.25) is 0 Å². The first-order valence-electron chi connectivity index (χ1n) is 8.90. The summed E-state index contributed by atoms with van der Waals surface area (Å²) in [5.74, 6) is -0.246. The molecule has 28 heavy (non-hydrogen) atoms. The quantitative estimate of drug-likeness (QED) is 0.571. The predicted molar refractivity (Wildman–Crippen MR) is 101 cm³/mol. The number of para-hydroxylation sites is 1. The van der Waals surface area contributed by atoms with Crippen LogP contribution in [0.25, 0.3) is 0 Å². The van der Waals surface area contributed by atoms with E-state index in [2.05, 4.69) is 4.40 Å².